The van der Waals surface area contributed by atoms with Gasteiger partial charge in [-0.2, -0.15) is 0 Å². The van der Waals surface area contributed by atoms with E-state index < -0.39 is 10.0 Å². The first-order valence-electron chi connectivity index (χ1n) is 8.75. The number of sulfonamides is 1. The Kier molecular flexibility index (Phi) is 4.99. The first-order chi connectivity index (χ1) is 12.3. The van der Waals surface area contributed by atoms with Gasteiger partial charge in [-0.3, -0.25) is 4.98 Å². The van der Waals surface area contributed by atoms with Crippen molar-refractivity contribution in [2.45, 2.75) is 44.4 Å². The zero-order chi connectivity index (χ0) is 18.9. The summed E-state index contributed by atoms with van der Waals surface area (Å²) in [6, 6.07) is 9.73. The summed E-state index contributed by atoms with van der Waals surface area (Å²) in [5.74, 6) is -0.262. The molecule has 1 heterocycles. The molecule has 0 saturated heterocycles. The highest BCUT2D eigenvalue weighted by molar-refractivity contribution is 7.89. The van der Waals surface area contributed by atoms with Gasteiger partial charge in [0.25, 0.3) is 0 Å². The summed E-state index contributed by atoms with van der Waals surface area (Å²) in [7, 11) is -3.77. The minimum Gasteiger partial charge on any atom is -0.255 e. The van der Waals surface area contributed by atoms with E-state index in [9.17, 15) is 12.8 Å². The van der Waals surface area contributed by atoms with Crippen LogP contribution in [0.2, 0.25) is 0 Å². The Bertz CT molecular complexity index is 929. The molecule has 26 heavy (non-hydrogen) atoms. The molecular formula is C20H23FN2O2S. The van der Waals surface area contributed by atoms with E-state index in [2.05, 4.69) is 18.8 Å². The van der Waals surface area contributed by atoms with Crippen LogP contribution in [0.4, 0.5) is 4.39 Å². The van der Waals surface area contributed by atoms with Gasteiger partial charge in [0, 0.05) is 6.20 Å². The highest BCUT2D eigenvalue weighted by Crippen LogP contribution is 2.53. The van der Waals surface area contributed by atoms with Gasteiger partial charge in [-0.25, -0.2) is 17.9 Å². The van der Waals surface area contributed by atoms with Crippen LogP contribution < -0.4 is 5.14 Å². The monoisotopic (exact) mass is 374 g/mol. The molecule has 4 nitrogen and oxygen atoms in total. The molecule has 0 bridgehead atoms. The van der Waals surface area contributed by atoms with Crippen LogP contribution in [0.25, 0.3) is 11.1 Å². The normalized spacial score (nSPS) is 16.9. The van der Waals surface area contributed by atoms with Crippen molar-refractivity contribution in [2.24, 2.45) is 10.6 Å². The lowest BCUT2D eigenvalue weighted by Crippen LogP contribution is -2.15. The average Bonchev–Trinajstić information content (AvgIpc) is 3.02. The van der Waals surface area contributed by atoms with E-state index in [1.807, 2.05) is 0 Å². The Morgan fingerprint density at radius 1 is 1.04 bits per heavy atom. The predicted octanol–water partition coefficient (Wildman–Crippen LogP) is 4.38. The van der Waals surface area contributed by atoms with Crippen molar-refractivity contribution in [1.82, 2.24) is 4.98 Å². The lowest BCUT2D eigenvalue weighted by molar-refractivity contribution is 0.291. The predicted molar refractivity (Wildman–Crippen MR) is 101 cm³/mol. The fraction of sp³-hybridized carbons (Fsp3) is 0.350. The van der Waals surface area contributed by atoms with Gasteiger partial charge in [0.05, 0.1) is 5.69 Å². The molecule has 0 amide bonds. The van der Waals surface area contributed by atoms with Crippen molar-refractivity contribution in [3.05, 3.63) is 59.7 Å². The Hall–Kier alpha value is -2.05. The van der Waals surface area contributed by atoms with E-state index in [4.69, 9.17) is 5.14 Å². The summed E-state index contributed by atoms with van der Waals surface area (Å²) in [6.45, 7) is 4.37. The number of aromatic nitrogens is 1. The molecule has 1 aliphatic carbocycles. The van der Waals surface area contributed by atoms with Crippen molar-refractivity contribution >= 4 is 21.2 Å². The van der Waals surface area contributed by atoms with Crippen LogP contribution in [0.15, 0.2) is 47.5 Å². The fourth-order valence-corrected chi connectivity index (χ4v) is 4.13. The van der Waals surface area contributed by atoms with Crippen molar-refractivity contribution < 1.29 is 12.8 Å². The molecule has 0 radical (unpaired) electrons. The maximum absolute atomic E-state index is 13.3. The zero-order valence-corrected chi connectivity index (χ0v) is 15.8. The summed E-state index contributed by atoms with van der Waals surface area (Å²) in [5.41, 5.74) is 4.15. The van der Waals surface area contributed by atoms with Crippen LogP contribution in [0.5, 0.6) is 0 Å². The Balaban J connectivity index is 2.09. The smallest absolute Gasteiger partial charge is 0.239 e. The molecular weight excluding hydrogens is 351 g/mol. The first kappa shape index (κ1) is 18.7. The zero-order valence-electron chi connectivity index (χ0n) is 15.0. The second-order valence-electron chi connectivity index (χ2n) is 6.95. The van der Waals surface area contributed by atoms with Crippen molar-refractivity contribution in [1.29, 1.82) is 0 Å². The molecule has 138 valence electrons. The first-order valence-corrected chi connectivity index (χ1v) is 10.3. The molecule has 1 aliphatic rings. The third-order valence-corrected chi connectivity index (χ3v) is 6.43. The van der Waals surface area contributed by atoms with Crippen LogP contribution >= 0.6 is 0 Å². The molecule has 2 aromatic rings. The van der Waals surface area contributed by atoms with Gasteiger partial charge in [-0.15, -0.1) is 0 Å². The van der Waals surface area contributed by atoms with Crippen LogP contribution in [0, 0.1) is 11.2 Å². The molecule has 0 fully saturated rings. The minimum atomic E-state index is -3.77. The third-order valence-electron chi connectivity index (χ3n) is 5.53. The van der Waals surface area contributed by atoms with Gasteiger partial charge < -0.3 is 0 Å². The number of hydrogen-bond acceptors (Lipinski definition) is 3. The molecule has 0 spiro atoms. The summed E-state index contributed by atoms with van der Waals surface area (Å²) in [4.78, 5) is 4.36. The highest BCUT2D eigenvalue weighted by Gasteiger charge is 2.37. The lowest BCUT2D eigenvalue weighted by Gasteiger charge is -2.26. The maximum Gasteiger partial charge on any atom is 0.239 e. The van der Waals surface area contributed by atoms with Crippen LogP contribution in [-0.4, -0.2) is 13.4 Å². The minimum absolute atomic E-state index is 0.000394. The second-order valence-corrected chi connectivity index (χ2v) is 8.51. The summed E-state index contributed by atoms with van der Waals surface area (Å²) < 4.78 is 36.3. The van der Waals surface area contributed by atoms with E-state index in [0.717, 1.165) is 48.1 Å². The molecule has 0 atom stereocenters. The largest absolute Gasteiger partial charge is 0.255 e. The van der Waals surface area contributed by atoms with Gasteiger partial charge in [0.2, 0.25) is 10.0 Å². The highest BCUT2D eigenvalue weighted by atomic mass is 32.2. The third kappa shape index (κ3) is 3.57. The Morgan fingerprint density at radius 3 is 2.15 bits per heavy atom. The van der Waals surface area contributed by atoms with Gasteiger partial charge in [-0.1, -0.05) is 26.0 Å². The molecule has 1 aromatic heterocycles. The number of nitrogens with zero attached hydrogens (tertiary/aromatic N) is 1. The summed E-state index contributed by atoms with van der Waals surface area (Å²) >= 11 is 0. The number of benzene rings is 1. The molecule has 0 aliphatic heterocycles. The van der Waals surface area contributed by atoms with Crippen molar-refractivity contribution in [3.63, 3.8) is 0 Å². The van der Waals surface area contributed by atoms with Gasteiger partial charge in [0.15, 0.2) is 0 Å². The molecule has 0 unspecified atom stereocenters. The van der Waals surface area contributed by atoms with E-state index >= 15 is 0 Å². The number of pyridine rings is 1. The molecule has 0 saturated carbocycles. The number of allylic oxidation sites excluding steroid dienone is 2. The molecule has 6 heteroatoms. The van der Waals surface area contributed by atoms with Crippen LogP contribution in [0.3, 0.4) is 0 Å². The topological polar surface area (TPSA) is 73.1 Å². The maximum atomic E-state index is 13.3. The van der Waals surface area contributed by atoms with Crippen LogP contribution in [-0.2, 0) is 10.0 Å². The van der Waals surface area contributed by atoms with Crippen molar-refractivity contribution in [2.75, 3.05) is 0 Å². The van der Waals surface area contributed by atoms with Crippen LogP contribution in [0.1, 0.15) is 50.8 Å². The van der Waals surface area contributed by atoms with Gasteiger partial charge in [-0.05, 0) is 72.1 Å². The lowest BCUT2D eigenvalue weighted by atomic mass is 9.78. The quantitative estimate of drug-likeness (QED) is 0.844. The van der Waals surface area contributed by atoms with Crippen molar-refractivity contribution in [3.8, 4) is 0 Å². The number of halogens is 1. The van der Waals surface area contributed by atoms with Gasteiger partial charge in [0.1, 0.15) is 10.7 Å². The molecule has 2 N–H and O–H groups in total. The van der Waals surface area contributed by atoms with E-state index in [1.54, 1.807) is 18.2 Å². The Labute approximate surface area is 154 Å². The second kappa shape index (κ2) is 6.93. The van der Waals surface area contributed by atoms with E-state index in [-0.39, 0.29) is 16.1 Å². The number of hydrogen-bond donors (Lipinski definition) is 1. The van der Waals surface area contributed by atoms with E-state index in [0.29, 0.717) is 0 Å². The summed E-state index contributed by atoms with van der Waals surface area (Å²) in [6.07, 6.45) is 5.14. The SMILES string of the molecule is CCC1(CC)CC(c2ccc(F)cc2)=C(c2ccc(S(N)(=O)=O)cn2)C1. The standard InChI is InChI=1S/C20H23FN2O2S/c1-3-20(4-2)11-17(14-5-7-15(21)8-6-14)18(12-20)19-10-9-16(13-23-19)26(22,24)25/h5-10,13H,3-4,11-12H2,1-2H3,(H2,22,24,25). The molecule has 3 rings (SSSR count). The molecule has 1 aromatic carbocycles. The number of nitrogens with two attached hydrogens (primary N) is 1. The Morgan fingerprint density at radius 2 is 1.65 bits per heavy atom. The fourth-order valence-electron chi connectivity index (χ4n) is 3.68. The number of primary sulfonamides is 1. The average molecular weight is 374 g/mol. The van der Waals surface area contributed by atoms with E-state index in [1.165, 1.54) is 24.4 Å². The number of rotatable bonds is 5. The summed E-state index contributed by atoms with van der Waals surface area (Å²) in [5, 5.41) is 5.16. The van der Waals surface area contributed by atoms with Gasteiger partial charge >= 0.3 is 0 Å².